The number of rotatable bonds is 10. The van der Waals surface area contributed by atoms with E-state index in [0.717, 1.165) is 60.4 Å². The molecule has 3 heterocycles. The molecule has 1 atom stereocenters. The molecule has 1 saturated heterocycles. The quantitative estimate of drug-likeness (QED) is 0.298. The van der Waals surface area contributed by atoms with Gasteiger partial charge in [-0.25, -0.2) is 4.98 Å². The highest BCUT2D eigenvalue weighted by molar-refractivity contribution is 7.21. The molecule has 0 saturated carbocycles. The van der Waals surface area contributed by atoms with E-state index in [1.807, 2.05) is 0 Å². The van der Waals surface area contributed by atoms with Crippen molar-refractivity contribution in [3.05, 3.63) is 46.3 Å². The van der Waals surface area contributed by atoms with E-state index in [1.54, 1.807) is 12.1 Å². The van der Waals surface area contributed by atoms with Crippen molar-refractivity contribution in [2.75, 3.05) is 36.9 Å². The van der Waals surface area contributed by atoms with Gasteiger partial charge in [0.05, 0.1) is 11.8 Å². The highest BCUT2D eigenvalue weighted by Gasteiger charge is 2.28. The SMILES string of the molecule is CCCc1cc(N2CCC(NCC(O)c3ccc(OCC(F)(F)F)cc3)CC2)nc2sc(C(N)=O)c(N)c12. The van der Waals surface area contributed by atoms with Crippen molar-refractivity contribution in [2.45, 2.75) is 50.9 Å². The summed E-state index contributed by atoms with van der Waals surface area (Å²) < 4.78 is 41.6. The van der Waals surface area contributed by atoms with E-state index in [2.05, 4.69) is 23.2 Å². The smallest absolute Gasteiger partial charge is 0.422 e. The zero-order chi connectivity index (χ0) is 27.4. The van der Waals surface area contributed by atoms with Crippen molar-refractivity contribution in [3.63, 3.8) is 0 Å². The summed E-state index contributed by atoms with van der Waals surface area (Å²) in [5.74, 6) is 0.405. The maximum atomic E-state index is 12.3. The number of hydrogen-bond donors (Lipinski definition) is 4. The first kappa shape index (κ1) is 27.9. The van der Waals surface area contributed by atoms with Crippen LogP contribution in [0, 0.1) is 0 Å². The number of piperidine rings is 1. The Kier molecular flexibility index (Phi) is 8.64. The number of primary amides is 1. The van der Waals surface area contributed by atoms with Crippen LogP contribution in [0.3, 0.4) is 0 Å². The van der Waals surface area contributed by atoms with Crippen LogP contribution >= 0.6 is 11.3 Å². The number of nitrogens with zero attached hydrogens (tertiary/aromatic N) is 2. The lowest BCUT2D eigenvalue weighted by Gasteiger charge is -2.34. The molecular weight excluding hydrogens is 519 g/mol. The van der Waals surface area contributed by atoms with Gasteiger partial charge in [-0.2, -0.15) is 13.2 Å². The minimum atomic E-state index is -4.40. The van der Waals surface area contributed by atoms with Crippen LogP contribution in [0.4, 0.5) is 24.7 Å². The first-order chi connectivity index (χ1) is 18.1. The molecule has 1 unspecified atom stereocenters. The van der Waals surface area contributed by atoms with Gasteiger partial charge in [0.25, 0.3) is 5.91 Å². The zero-order valence-corrected chi connectivity index (χ0v) is 21.9. The molecular formula is C26H32F3N5O3S. The van der Waals surface area contributed by atoms with E-state index in [1.165, 1.54) is 23.5 Å². The van der Waals surface area contributed by atoms with Crippen molar-refractivity contribution in [1.29, 1.82) is 0 Å². The number of aliphatic hydroxyl groups excluding tert-OH is 1. The lowest BCUT2D eigenvalue weighted by atomic mass is 10.0. The summed E-state index contributed by atoms with van der Waals surface area (Å²) in [7, 11) is 0. The van der Waals surface area contributed by atoms with Crippen LogP contribution in [0.5, 0.6) is 5.75 Å². The predicted molar refractivity (Wildman–Crippen MR) is 143 cm³/mol. The fraction of sp³-hybridized carbons (Fsp3) is 0.462. The summed E-state index contributed by atoms with van der Waals surface area (Å²) in [6.45, 7) is 2.60. The number of anilines is 2. The normalized spacial score (nSPS) is 15.7. The molecule has 12 heteroatoms. The Hall–Kier alpha value is -3.09. The fourth-order valence-electron chi connectivity index (χ4n) is 4.66. The number of thiophene rings is 1. The average molecular weight is 552 g/mol. The van der Waals surface area contributed by atoms with Crippen LogP contribution in [-0.4, -0.2) is 54.5 Å². The van der Waals surface area contributed by atoms with Crippen LogP contribution in [0.15, 0.2) is 30.3 Å². The average Bonchev–Trinajstić information content (AvgIpc) is 3.23. The summed E-state index contributed by atoms with van der Waals surface area (Å²) in [5.41, 5.74) is 13.8. The van der Waals surface area contributed by atoms with Gasteiger partial charge in [0, 0.05) is 31.1 Å². The van der Waals surface area contributed by atoms with Gasteiger partial charge in [0.15, 0.2) is 6.61 Å². The molecule has 0 radical (unpaired) electrons. The molecule has 38 heavy (non-hydrogen) atoms. The van der Waals surface area contributed by atoms with Crippen LogP contribution < -0.4 is 26.4 Å². The number of aryl methyl sites for hydroxylation is 1. The molecule has 0 bridgehead atoms. The Bertz CT molecular complexity index is 1260. The van der Waals surface area contributed by atoms with E-state index in [4.69, 9.17) is 21.2 Å². The highest BCUT2D eigenvalue weighted by Crippen LogP contribution is 2.37. The topological polar surface area (TPSA) is 127 Å². The van der Waals surface area contributed by atoms with E-state index in [-0.39, 0.29) is 11.8 Å². The summed E-state index contributed by atoms with van der Waals surface area (Å²) in [6.07, 6.45) is -1.76. The molecule has 1 aromatic carbocycles. The number of nitrogens with one attached hydrogen (secondary N) is 1. The maximum absolute atomic E-state index is 12.3. The fourth-order valence-corrected chi connectivity index (χ4v) is 5.64. The van der Waals surface area contributed by atoms with Crippen LogP contribution in [0.2, 0.25) is 0 Å². The molecule has 2 aromatic heterocycles. The van der Waals surface area contributed by atoms with Gasteiger partial charge < -0.3 is 31.5 Å². The number of hydrogen-bond acceptors (Lipinski definition) is 8. The summed E-state index contributed by atoms with van der Waals surface area (Å²) in [6, 6.07) is 8.24. The Morgan fingerprint density at radius 2 is 1.97 bits per heavy atom. The Balaban J connectivity index is 1.33. The third-order valence-electron chi connectivity index (χ3n) is 6.60. The van der Waals surface area contributed by atoms with Crippen molar-refractivity contribution in [3.8, 4) is 5.75 Å². The Morgan fingerprint density at radius 3 is 2.58 bits per heavy atom. The number of carbonyl (C=O) groups excluding carboxylic acids is 1. The number of benzene rings is 1. The highest BCUT2D eigenvalue weighted by atomic mass is 32.1. The number of amides is 1. The lowest BCUT2D eigenvalue weighted by molar-refractivity contribution is -0.153. The van der Waals surface area contributed by atoms with E-state index in [9.17, 15) is 23.1 Å². The van der Waals surface area contributed by atoms with Crippen molar-refractivity contribution in [1.82, 2.24) is 10.3 Å². The number of aliphatic hydroxyl groups is 1. The Labute approximate surface area is 222 Å². The summed E-state index contributed by atoms with van der Waals surface area (Å²) >= 11 is 1.23. The molecule has 1 aliphatic rings. The van der Waals surface area contributed by atoms with Gasteiger partial charge in [-0.05, 0) is 48.6 Å². The third-order valence-corrected chi connectivity index (χ3v) is 7.71. The number of nitrogens with two attached hydrogens (primary N) is 2. The number of nitrogen functional groups attached to an aromatic ring is 1. The number of alkyl halides is 3. The molecule has 1 amide bonds. The van der Waals surface area contributed by atoms with Crippen molar-refractivity contribution in [2.24, 2.45) is 5.73 Å². The number of pyridine rings is 1. The second kappa shape index (κ2) is 11.7. The van der Waals surface area contributed by atoms with Crippen molar-refractivity contribution < 1.29 is 27.8 Å². The number of aromatic nitrogens is 1. The maximum Gasteiger partial charge on any atom is 0.422 e. The summed E-state index contributed by atoms with van der Waals surface area (Å²) in [4.78, 5) is 19.9. The first-order valence-electron chi connectivity index (χ1n) is 12.5. The largest absolute Gasteiger partial charge is 0.484 e. The monoisotopic (exact) mass is 551 g/mol. The molecule has 0 aliphatic carbocycles. The number of carbonyl (C=O) groups is 1. The number of ether oxygens (including phenoxy) is 1. The van der Waals surface area contributed by atoms with Crippen LogP contribution in [0.1, 0.15) is 53.1 Å². The minimum absolute atomic E-state index is 0.101. The molecule has 8 nitrogen and oxygen atoms in total. The van der Waals surface area contributed by atoms with Gasteiger partial charge in [-0.3, -0.25) is 4.79 Å². The molecule has 4 rings (SSSR count). The molecule has 1 aliphatic heterocycles. The number of halogens is 3. The summed E-state index contributed by atoms with van der Waals surface area (Å²) in [5, 5.41) is 14.7. The van der Waals surface area contributed by atoms with Crippen LogP contribution in [0.25, 0.3) is 10.2 Å². The lowest BCUT2D eigenvalue weighted by Crippen LogP contribution is -2.44. The van der Waals surface area contributed by atoms with Crippen molar-refractivity contribution >= 4 is 39.0 Å². The minimum Gasteiger partial charge on any atom is -0.484 e. The Morgan fingerprint density at radius 1 is 1.29 bits per heavy atom. The van der Waals surface area contributed by atoms with Crippen LogP contribution in [-0.2, 0) is 6.42 Å². The van der Waals surface area contributed by atoms with Gasteiger partial charge in [-0.15, -0.1) is 11.3 Å². The molecule has 6 N–H and O–H groups in total. The predicted octanol–water partition coefficient (Wildman–Crippen LogP) is 4.16. The van der Waals surface area contributed by atoms with E-state index >= 15 is 0 Å². The third kappa shape index (κ3) is 6.66. The van der Waals surface area contributed by atoms with Gasteiger partial charge in [-0.1, -0.05) is 25.5 Å². The zero-order valence-electron chi connectivity index (χ0n) is 21.1. The van der Waals surface area contributed by atoms with Gasteiger partial charge in [0.2, 0.25) is 0 Å². The standard InChI is InChI=1S/C26H32F3N5O3S/c1-2-3-16-12-20(33-25-21(16)22(30)23(38-25)24(31)36)34-10-8-17(9-11-34)32-13-19(35)15-4-6-18(7-5-15)37-14-26(27,28)29/h4-7,12,17,19,32,35H,2-3,8-11,13-14,30H2,1H3,(H2,31,36). The molecule has 0 spiro atoms. The van der Waals surface area contributed by atoms with Gasteiger partial charge >= 0.3 is 6.18 Å². The molecule has 1 fully saturated rings. The molecule has 3 aromatic rings. The number of fused-ring (bicyclic) bond motifs is 1. The van der Waals surface area contributed by atoms with E-state index < -0.39 is 24.8 Å². The molecule has 206 valence electrons. The second-order valence-electron chi connectivity index (χ2n) is 9.44. The van der Waals surface area contributed by atoms with Gasteiger partial charge in [0.1, 0.15) is 21.3 Å². The second-order valence-corrected chi connectivity index (χ2v) is 10.4. The van der Waals surface area contributed by atoms with E-state index in [0.29, 0.717) is 22.7 Å². The first-order valence-corrected chi connectivity index (χ1v) is 13.3.